The molecule has 0 aromatic rings. The second-order valence-corrected chi connectivity index (χ2v) is 3.97. The van der Waals surface area contributed by atoms with Crippen molar-refractivity contribution in [2.45, 2.75) is 32.2 Å². The van der Waals surface area contributed by atoms with Crippen molar-refractivity contribution in [3.63, 3.8) is 0 Å². The van der Waals surface area contributed by atoms with Crippen LogP contribution in [0.25, 0.3) is 0 Å². The molecule has 6 heteroatoms. The van der Waals surface area contributed by atoms with Crippen molar-refractivity contribution in [2.75, 3.05) is 13.2 Å². The summed E-state index contributed by atoms with van der Waals surface area (Å²) < 4.78 is 20.9. The van der Waals surface area contributed by atoms with Crippen LogP contribution in [0.1, 0.15) is 13.8 Å². The van der Waals surface area contributed by atoms with Crippen LogP contribution in [-0.2, 0) is 28.5 Å². The van der Waals surface area contributed by atoms with E-state index in [1.807, 2.05) is 0 Å². The summed E-state index contributed by atoms with van der Waals surface area (Å²) in [6.45, 7) is 6.48. The van der Waals surface area contributed by atoms with Gasteiger partial charge in [-0.2, -0.15) is 0 Å². The molecule has 19 heavy (non-hydrogen) atoms. The molecule has 0 saturated heterocycles. The Morgan fingerprint density at radius 3 is 2.68 bits per heavy atom. The van der Waals surface area contributed by atoms with Gasteiger partial charge in [0.05, 0.1) is 12.9 Å². The predicted octanol–water partition coefficient (Wildman–Crippen LogP) is 0.965. The first-order chi connectivity index (χ1) is 9.04. The van der Waals surface area contributed by atoms with E-state index >= 15 is 0 Å². The average molecular weight is 270 g/mol. The highest BCUT2D eigenvalue weighted by Gasteiger charge is 2.35. The maximum absolute atomic E-state index is 11.0. The van der Waals surface area contributed by atoms with Gasteiger partial charge in [-0.3, -0.25) is 9.59 Å². The number of carbonyl (C=O) groups is 2. The third-order valence-electron chi connectivity index (χ3n) is 2.37. The van der Waals surface area contributed by atoms with Crippen molar-refractivity contribution in [3.05, 3.63) is 25.0 Å². The van der Waals surface area contributed by atoms with Gasteiger partial charge in [0.15, 0.2) is 12.2 Å². The third-order valence-corrected chi connectivity index (χ3v) is 2.37. The van der Waals surface area contributed by atoms with E-state index < -0.39 is 30.3 Å². The molecule has 1 aliphatic heterocycles. The number of hydrogen-bond acceptors (Lipinski definition) is 6. The van der Waals surface area contributed by atoms with Crippen LogP contribution in [0.15, 0.2) is 25.0 Å². The lowest BCUT2D eigenvalue weighted by Gasteiger charge is -2.33. The van der Waals surface area contributed by atoms with Gasteiger partial charge < -0.3 is 18.9 Å². The molecule has 0 aromatic heterocycles. The van der Waals surface area contributed by atoms with Crippen LogP contribution < -0.4 is 0 Å². The predicted molar refractivity (Wildman–Crippen MR) is 66.1 cm³/mol. The quantitative estimate of drug-likeness (QED) is 0.529. The first-order valence-electron chi connectivity index (χ1n) is 5.89. The minimum atomic E-state index is -0.577. The van der Waals surface area contributed by atoms with Crippen molar-refractivity contribution < 1.29 is 28.5 Å². The second-order valence-electron chi connectivity index (χ2n) is 3.97. The molecule has 1 aliphatic rings. The van der Waals surface area contributed by atoms with Crippen LogP contribution in [0.2, 0.25) is 0 Å². The van der Waals surface area contributed by atoms with Crippen molar-refractivity contribution in [1.29, 1.82) is 0 Å². The monoisotopic (exact) mass is 270 g/mol. The van der Waals surface area contributed by atoms with Crippen molar-refractivity contribution >= 4 is 11.9 Å². The summed E-state index contributed by atoms with van der Waals surface area (Å²) >= 11 is 0. The molecule has 0 aliphatic carbocycles. The first-order valence-corrected chi connectivity index (χ1v) is 5.89. The normalized spacial score (nSPS) is 25.3. The van der Waals surface area contributed by atoms with E-state index in [-0.39, 0.29) is 13.2 Å². The molecule has 0 N–H and O–H groups in total. The van der Waals surface area contributed by atoms with E-state index in [1.54, 1.807) is 12.2 Å². The molecule has 0 radical (unpaired) electrons. The van der Waals surface area contributed by atoms with Crippen LogP contribution in [0.3, 0.4) is 0 Å². The lowest BCUT2D eigenvalue weighted by Crippen LogP contribution is -2.46. The topological polar surface area (TPSA) is 71.1 Å². The summed E-state index contributed by atoms with van der Waals surface area (Å²) in [4.78, 5) is 21.9. The molecule has 0 saturated carbocycles. The second kappa shape index (κ2) is 7.58. The van der Waals surface area contributed by atoms with Crippen LogP contribution in [-0.4, -0.2) is 43.5 Å². The number of ether oxygens (including phenoxy) is 4. The van der Waals surface area contributed by atoms with E-state index in [2.05, 4.69) is 6.58 Å². The molecule has 6 nitrogen and oxygen atoms in total. The SMILES string of the molecule is C=CCO[C@H]1[C@H](OC(C)=O)C=CO[C@@H]1COC(C)=O. The Labute approximate surface area is 112 Å². The number of carbonyl (C=O) groups excluding carboxylic acids is 2. The van der Waals surface area contributed by atoms with Gasteiger partial charge in [-0.1, -0.05) is 6.08 Å². The molecule has 0 bridgehead atoms. The highest BCUT2D eigenvalue weighted by molar-refractivity contribution is 5.66. The molecule has 0 spiro atoms. The van der Waals surface area contributed by atoms with E-state index in [9.17, 15) is 9.59 Å². The maximum Gasteiger partial charge on any atom is 0.303 e. The zero-order chi connectivity index (χ0) is 14.3. The zero-order valence-electron chi connectivity index (χ0n) is 11.0. The summed E-state index contributed by atoms with van der Waals surface area (Å²) in [5, 5.41) is 0. The number of rotatable bonds is 6. The zero-order valence-corrected chi connectivity index (χ0v) is 11.0. The van der Waals surface area contributed by atoms with Crippen LogP contribution in [0.4, 0.5) is 0 Å². The Kier molecular flexibility index (Phi) is 6.08. The molecule has 0 unspecified atom stereocenters. The molecular formula is C13H18O6. The molecule has 0 fully saturated rings. The summed E-state index contributed by atoms with van der Waals surface area (Å²) in [6.07, 6.45) is 2.91. The maximum atomic E-state index is 11.0. The standard InChI is InChI=1S/C13H18O6/c1-4-6-17-13-11(19-10(3)15)5-7-16-12(13)8-18-9(2)14/h4-5,7,11-13H,1,6,8H2,2-3H3/t11-,12-,13+/m1/s1. The fraction of sp³-hybridized carbons (Fsp3) is 0.538. The van der Waals surface area contributed by atoms with Crippen molar-refractivity contribution in [1.82, 2.24) is 0 Å². The molecule has 3 atom stereocenters. The minimum absolute atomic E-state index is 0.0270. The molecule has 0 amide bonds. The van der Waals surface area contributed by atoms with Gasteiger partial charge in [0.1, 0.15) is 12.7 Å². The van der Waals surface area contributed by atoms with Gasteiger partial charge >= 0.3 is 11.9 Å². The summed E-state index contributed by atoms with van der Waals surface area (Å²) in [7, 11) is 0. The Bertz CT molecular complexity index is 362. The van der Waals surface area contributed by atoms with Gasteiger partial charge in [-0.25, -0.2) is 0 Å². The lowest BCUT2D eigenvalue weighted by molar-refractivity contribution is -0.168. The Hall–Kier alpha value is -1.82. The van der Waals surface area contributed by atoms with Gasteiger partial charge in [-0.15, -0.1) is 6.58 Å². The van der Waals surface area contributed by atoms with Crippen LogP contribution >= 0.6 is 0 Å². The third kappa shape index (κ3) is 5.13. The van der Waals surface area contributed by atoms with Crippen molar-refractivity contribution in [2.24, 2.45) is 0 Å². The molecular weight excluding hydrogens is 252 g/mol. The minimum Gasteiger partial charge on any atom is -0.492 e. The largest absolute Gasteiger partial charge is 0.492 e. The van der Waals surface area contributed by atoms with E-state index in [0.717, 1.165) is 0 Å². The lowest BCUT2D eigenvalue weighted by atomic mass is 10.1. The van der Waals surface area contributed by atoms with E-state index in [0.29, 0.717) is 0 Å². The van der Waals surface area contributed by atoms with Gasteiger partial charge in [0.2, 0.25) is 0 Å². The van der Waals surface area contributed by atoms with E-state index in [1.165, 1.54) is 20.1 Å². The van der Waals surface area contributed by atoms with Gasteiger partial charge in [0, 0.05) is 13.8 Å². The Morgan fingerprint density at radius 2 is 2.11 bits per heavy atom. The van der Waals surface area contributed by atoms with Gasteiger partial charge in [-0.05, 0) is 6.08 Å². The highest BCUT2D eigenvalue weighted by atomic mass is 16.6. The van der Waals surface area contributed by atoms with Crippen LogP contribution in [0.5, 0.6) is 0 Å². The fourth-order valence-electron chi connectivity index (χ4n) is 1.64. The summed E-state index contributed by atoms with van der Waals surface area (Å²) in [6, 6.07) is 0. The first kappa shape index (κ1) is 15.2. The molecule has 1 heterocycles. The fourth-order valence-corrected chi connectivity index (χ4v) is 1.64. The molecule has 1 rings (SSSR count). The average Bonchev–Trinajstić information content (AvgIpc) is 2.34. The van der Waals surface area contributed by atoms with Crippen molar-refractivity contribution in [3.8, 4) is 0 Å². The number of esters is 2. The Morgan fingerprint density at radius 1 is 1.37 bits per heavy atom. The molecule has 0 aromatic carbocycles. The highest BCUT2D eigenvalue weighted by Crippen LogP contribution is 2.19. The van der Waals surface area contributed by atoms with E-state index in [4.69, 9.17) is 18.9 Å². The summed E-state index contributed by atoms with van der Waals surface area (Å²) in [5.74, 6) is -0.834. The Balaban J connectivity index is 2.71. The summed E-state index contributed by atoms with van der Waals surface area (Å²) in [5.41, 5.74) is 0. The van der Waals surface area contributed by atoms with Gasteiger partial charge in [0.25, 0.3) is 0 Å². The smallest absolute Gasteiger partial charge is 0.303 e. The number of hydrogen-bond donors (Lipinski definition) is 0. The van der Waals surface area contributed by atoms with Crippen LogP contribution in [0, 0.1) is 0 Å². The molecule has 106 valence electrons.